The zero-order chi connectivity index (χ0) is 11.3. The third kappa shape index (κ3) is 4.16. The van der Waals surface area contributed by atoms with Crippen molar-refractivity contribution < 1.29 is 14.3 Å². The van der Waals surface area contributed by atoms with Gasteiger partial charge in [-0.3, -0.25) is 4.79 Å². The van der Waals surface area contributed by atoms with Gasteiger partial charge in [-0.2, -0.15) is 0 Å². The first-order chi connectivity index (χ1) is 7.09. The van der Waals surface area contributed by atoms with Crippen molar-refractivity contribution >= 4 is 5.91 Å². The lowest BCUT2D eigenvalue weighted by atomic mass is 10.1. The number of aliphatic hydroxyl groups excluding tert-OH is 1. The third-order valence-electron chi connectivity index (χ3n) is 1.96. The number of hydrogen-bond acceptors (Lipinski definition) is 3. The number of aliphatic hydroxyl groups is 1. The van der Waals surface area contributed by atoms with Gasteiger partial charge in [0.15, 0.2) is 0 Å². The van der Waals surface area contributed by atoms with Gasteiger partial charge in [-0.05, 0) is 18.1 Å². The van der Waals surface area contributed by atoms with Crippen molar-refractivity contribution in [2.75, 3.05) is 6.54 Å². The quantitative estimate of drug-likeness (QED) is 0.775. The topological polar surface area (TPSA) is 62.5 Å². The van der Waals surface area contributed by atoms with E-state index in [0.717, 1.165) is 0 Å². The molecule has 1 atom stereocenters. The van der Waals surface area contributed by atoms with Crippen molar-refractivity contribution in [3.05, 3.63) is 24.2 Å². The molecule has 84 valence electrons. The maximum absolute atomic E-state index is 11.3. The SMILES string of the molecule is CC(C)CC(=O)NCC(O)c1ccco1. The zero-order valence-corrected chi connectivity index (χ0v) is 9.06. The predicted octanol–water partition coefficient (Wildman–Crippen LogP) is 1.48. The molecule has 1 rings (SSSR count). The van der Waals surface area contributed by atoms with Crippen molar-refractivity contribution in [3.8, 4) is 0 Å². The molecule has 0 aliphatic heterocycles. The molecule has 0 saturated heterocycles. The average molecular weight is 211 g/mol. The molecular formula is C11H17NO3. The Morgan fingerprint density at radius 2 is 2.33 bits per heavy atom. The summed E-state index contributed by atoms with van der Waals surface area (Å²) in [6.07, 6.45) is 1.20. The fourth-order valence-electron chi connectivity index (χ4n) is 1.23. The van der Waals surface area contributed by atoms with Gasteiger partial charge in [-0.25, -0.2) is 0 Å². The normalized spacial score (nSPS) is 12.8. The summed E-state index contributed by atoms with van der Waals surface area (Å²) in [4.78, 5) is 11.3. The number of nitrogens with one attached hydrogen (secondary N) is 1. The highest BCUT2D eigenvalue weighted by molar-refractivity contribution is 5.76. The van der Waals surface area contributed by atoms with E-state index in [-0.39, 0.29) is 12.5 Å². The van der Waals surface area contributed by atoms with Gasteiger partial charge in [-0.15, -0.1) is 0 Å². The smallest absolute Gasteiger partial charge is 0.220 e. The fraction of sp³-hybridized carbons (Fsp3) is 0.545. The molecule has 0 spiro atoms. The van der Waals surface area contributed by atoms with Crippen LogP contribution >= 0.6 is 0 Å². The molecule has 0 aliphatic rings. The second-order valence-corrected chi connectivity index (χ2v) is 3.93. The van der Waals surface area contributed by atoms with Crippen LogP contribution in [0.25, 0.3) is 0 Å². The lowest BCUT2D eigenvalue weighted by Crippen LogP contribution is -2.28. The maximum Gasteiger partial charge on any atom is 0.220 e. The van der Waals surface area contributed by atoms with E-state index in [1.165, 1.54) is 6.26 Å². The van der Waals surface area contributed by atoms with Crippen LogP contribution in [-0.2, 0) is 4.79 Å². The van der Waals surface area contributed by atoms with E-state index >= 15 is 0 Å². The summed E-state index contributed by atoms with van der Waals surface area (Å²) < 4.78 is 5.01. The molecule has 1 unspecified atom stereocenters. The van der Waals surface area contributed by atoms with Gasteiger partial charge in [0.1, 0.15) is 11.9 Å². The minimum atomic E-state index is -0.767. The first kappa shape index (κ1) is 11.8. The lowest BCUT2D eigenvalue weighted by Gasteiger charge is -2.10. The Balaban J connectivity index is 2.28. The largest absolute Gasteiger partial charge is 0.467 e. The molecule has 0 aliphatic carbocycles. The van der Waals surface area contributed by atoms with Crippen LogP contribution in [-0.4, -0.2) is 17.6 Å². The summed E-state index contributed by atoms with van der Waals surface area (Å²) >= 11 is 0. The first-order valence-corrected chi connectivity index (χ1v) is 5.07. The van der Waals surface area contributed by atoms with Crippen LogP contribution in [0.4, 0.5) is 0 Å². The molecule has 0 fully saturated rings. The van der Waals surface area contributed by atoms with E-state index in [1.807, 2.05) is 13.8 Å². The third-order valence-corrected chi connectivity index (χ3v) is 1.96. The molecule has 4 nitrogen and oxygen atoms in total. The predicted molar refractivity (Wildman–Crippen MR) is 56.1 cm³/mol. The number of hydrogen-bond donors (Lipinski definition) is 2. The summed E-state index contributed by atoms with van der Waals surface area (Å²) in [6, 6.07) is 3.38. The Labute approximate surface area is 89.3 Å². The molecule has 1 aromatic heterocycles. The van der Waals surface area contributed by atoms with E-state index in [2.05, 4.69) is 5.32 Å². The Morgan fingerprint density at radius 3 is 2.87 bits per heavy atom. The Kier molecular flexibility index (Phi) is 4.37. The van der Waals surface area contributed by atoms with Crippen molar-refractivity contribution in [2.45, 2.75) is 26.4 Å². The monoisotopic (exact) mass is 211 g/mol. The van der Waals surface area contributed by atoms with Gasteiger partial charge >= 0.3 is 0 Å². The molecule has 1 amide bonds. The fourth-order valence-corrected chi connectivity index (χ4v) is 1.23. The van der Waals surface area contributed by atoms with Crippen molar-refractivity contribution in [1.82, 2.24) is 5.32 Å². The maximum atomic E-state index is 11.3. The lowest BCUT2D eigenvalue weighted by molar-refractivity contribution is -0.122. The van der Waals surface area contributed by atoms with Crippen molar-refractivity contribution in [3.63, 3.8) is 0 Å². The van der Waals surface area contributed by atoms with Crippen molar-refractivity contribution in [1.29, 1.82) is 0 Å². The second kappa shape index (κ2) is 5.56. The van der Waals surface area contributed by atoms with Gasteiger partial charge in [0.05, 0.1) is 12.8 Å². The zero-order valence-electron chi connectivity index (χ0n) is 9.06. The van der Waals surface area contributed by atoms with Crippen LogP contribution in [0.2, 0.25) is 0 Å². The summed E-state index contributed by atoms with van der Waals surface area (Å²) in [5.41, 5.74) is 0. The Bertz CT molecular complexity index is 293. The van der Waals surface area contributed by atoms with Gasteiger partial charge in [0, 0.05) is 6.42 Å². The average Bonchev–Trinajstić information content (AvgIpc) is 2.65. The summed E-state index contributed by atoms with van der Waals surface area (Å²) in [6.45, 7) is 4.14. The highest BCUT2D eigenvalue weighted by Gasteiger charge is 2.12. The molecule has 1 aromatic rings. The van der Waals surface area contributed by atoms with Crippen LogP contribution in [0.5, 0.6) is 0 Å². The van der Waals surface area contributed by atoms with Crippen LogP contribution in [0.1, 0.15) is 32.1 Å². The summed E-state index contributed by atoms with van der Waals surface area (Å²) in [5.74, 6) is 0.751. The highest BCUT2D eigenvalue weighted by atomic mass is 16.4. The minimum absolute atomic E-state index is 0.0457. The van der Waals surface area contributed by atoms with Crippen LogP contribution in [0.3, 0.4) is 0 Å². The van der Waals surface area contributed by atoms with E-state index in [4.69, 9.17) is 4.42 Å². The molecule has 4 heteroatoms. The molecular weight excluding hydrogens is 194 g/mol. The van der Waals surface area contributed by atoms with Crippen LogP contribution < -0.4 is 5.32 Å². The summed E-state index contributed by atoms with van der Waals surface area (Å²) in [7, 11) is 0. The summed E-state index contributed by atoms with van der Waals surface area (Å²) in [5, 5.41) is 12.2. The van der Waals surface area contributed by atoms with Gasteiger partial charge in [0.25, 0.3) is 0 Å². The number of carbonyl (C=O) groups is 1. The number of furan rings is 1. The molecule has 0 aromatic carbocycles. The molecule has 2 N–H and O–H groups in total. The van der Waals surface area contributed by atoms with Gasteiger partial charge in [-0.1, -0.05) is 13.8 Å². The molecule has 15 heavy (non-hydrogen) atoms. The minimum Gasteiger partial charge on any atom is -0.467 e. The number of amides is 1. The van der Waals surface area contributed by atoms with Crippen LogP contribution in [0, 0.1) is 5.92 Å². The molecule has 0 saturated carbocycles. The number of rotatable bonds is 5. The standard InChI is InChI=1S/C11H17NO3/c1-8(2)6-11(14)12-7-9(13)10-4-3-5-15-10/h3-5,8-9,13H,6-7H2,1-2H3,(H,12,14). The van der Waals surface area contributed by atoms with Gasteiger partial charge < -0.3 is 14.8 Å². The van der Waals surface area contributed by atoms with E-state index < -0.39 is 6.10 Å². The highest BCUT2D eigenvalue weighted by Crippen LogP contribution is 2.11. The van der Waals surface area contributed by atoms with E-state index in [1.54, 1.807) is 12.1 Å². The van der Waals surface area contributed by atoms with E-state index in [9.17, 15) is 9.90 Å². The first-order valence-electron chi connectivity index (χ1n) is 5.07. The molecule has 0 bridgehead atoms. The number of carbonyl (C=O) groups excluding carboxylic acids is 1. The molecule has 0 radical (unpaired) electrons. The Hall–Kier alpha value is -1.29. The van der Waals surface area contributed by atoms with E-state index in [0.29, 0.717) is 18.1 Å². The Morgan fingerprint density at radius 1 is 1.60 bits per heavy atom. The molecule has 1 heterocycles. The van der Waals surface area contributed by atoms with Crippen molar-refractivity contribution in [2.24, 2.45) is 5.92 Å². The van der Waals surface area contributed by atoms with Gasteiger partial charge in [0.2, 0.25) is 5.91 Å². The second-order valence-electron chi connectivity index (χ2n) is 3.93. The van der Waals surface area contributed by atoms with Crippen LogP contribution in [0.15, 0.2) is 22.8 Å².